The van der Waals surface area contributed by atoms with Crippen LogP contribution in [0.5, 0.6) is 11.5 Å². The normalized spacial score (nSPS) is 10.6. The molecule has 2 aromatic carbocycles. The average Bonchev–Trinajstić information content (AvgIpc) is 2.57. The highest BCUT2D eigenvalue weighted by Crippen LogP contribution is 2.28. The number of carbonyl (C=O) groups excluding carboxylic acids is 1. The van der Waals surface area contributed by atoms with Gasteiger partial charge >= 0.3 is 0 Å². The molecule has 1 amide bonds. The maximum absolute atomic E-state index is 12.8. The highest BCUT2D eigenvalue weighted by molar-refractivity contribution is 5.91. The Bertz CT molecular complexity index is 717. The molecule has 0 aliphatic rings. The van der Waals surface area contributed by atoms with Crippen molar-refractivity contribution in [3.8, 4) is 11.5 Å². The minimum atomic E-state index is -0.384. The molecule has 0 fully saturated rings. The van der Waals surface area contributed by atoms with Crippen LogP contribution in [0.2, 0.25) is 0 Å². The highest BCUT2D eigenvalue weighted by Gasteiger charge is 2.09. The van der Waals surface area contributed by atoms with Crippen molar-refractivity contribution in [2.75, 3.05) is 18.5 Å². The van der Waals surface area contributed by atoms with Gasteiger partial charge in [-0.05, 0) is 49.4 Å². The third kappa shape index (κ3) is 4.98. The Hall–Kier alpha value is -3.09. The summed E-state index contributed by atoms with van der Waals surface area (Å²) in [6.07, 6.45) is 1.26. The van der Waals surface area contributed by atoms with Crippen molar-refractivity contribution in [1.29, 1.82) is 0 Å². The monoisotopic (exact) mass is 332 g/mol. The van der Waals surface area contributed by atoms with Gasteiger partial charge in [0.05, 0.1) is 12.8 Å². The first-order valence-electron chi connectivity index (χ1n) is 7.25. The highest BCUT2D eigenvalue weighted by atomic mass is 19.1. The van der Waals surface area contributed by atoms with E-state index < -0.39 is 0 Å². The molecule has 126 valence electrons. The maximum atomic E-state index is 12.8. The van der Waals surface area contributed by atoms with Crippen LogP contribution in [-0.4, -0.2) is 30.5 Å². The standard InChI is InChI=1S/C17H17FN2O4/c1-2-23-16-9-12(10-19-22)3-8-15(16)24-11-17(21)20-14-6-4-13(18)5-7-14/h3-10,22H,2,11H2,1H3,(H,20,21)/b19-10+. The summed E-state index contributed by atoms with van der Waals surface area (Å²) in [4.78, 5) is 11.9. The minimum absolute atomic E-state index is 0.231. The molecule has 2 rings (SSSR count). The second-order valence-electron chi connectivity index (χ2n) is 4.73. The number of benzene rings is 2. The molecule has 2 aromatic rings. The average molecular weight is 332 g/mol. The lowest BCUT2D eigenvalue weighted by atomic mass is 10.2. The van der Waals surface area contributed by atoms with Crippen molar-refractivity contribution in [3.63, 3.8) is 0 Å². The lowest BCUT2D eigenvalue weighted by Crippen LogP contribution is -2.20. The lowest BCUT2D eigenvalue weighted by Gasteiger charge is -2.12. The number of nitrogens with zero attached hydrogens (tertiary/aromatic N) is 1. The number of ether oxygens (including phenoxy) is 2. The maximum Gasteiger partial charge on any atom is 0.262 e. The fraction of sp³-hybridized carbons (Fsp3) is 0.176. The molecule has 24 heavy (non-hydrogen) atoms. The van der Waals surface area contributed by atoms with Crippen LogP contribution in [0.3, 0.4) is 0 Å². The Balaban J connectivity index is 1.99. The van der Waals surface area contributed by atoms with Gasteiger partial charge in [-0.15, -0.1) is 0 Å². The SMILES string of the molecule is CCOc1cc(/C=N/O)ccc1OCC(=O)Nc1ccc(F)cc1. The van der Waals surface area contributed by atoms with Gasteiger partial charge in [0, 0.05) is 11.3 Å². The number of nitrogens with one attached hydrogen (secondary N) is 1. The van der Waals surface area contributed by atoms with E-state index in [4.69, 9.17) is 14.7 Å². The van der Waals surface area contributed by atoms with Crippen LogP contribution in [0.25, 0.3) is 0 Å². The van der Waals surface area contributed by atoms with Crippen LogP contribution in [0.15, 0.2) is 47.6 Å². The van der Waals surface area contributed by atoms with Crippen molar-refractivity contribution in [2.45, 2.75) is 6.92 Å². The number of carbonyl (C=O) groups is 1. The number of oxime groups is 1. The zero-order valence-corrected chi connectivity index (χ0v) is 13.0. The van der Waals surface area contributed by atoms with Gasteiger partial charge in [0.15, 0.2) is 18.1 Å². The first-order chi connectivity index (χ1) is 11.6. The Morgan fingerprint density at radius 2 is 1.96 bits per heavy atom. The Morgan fingerprint density at radius 1 is 1.21 bits per heavy atom. The fourth-order valence-corrected chi connectivity index (χ4v) is 1.93. The van der Waals surface area contributed by atoms with Crippen molar-refractivity contribution in [2.24, 2.45) is 5.16 Å². The van der Waals surface area contributed by atoms with Crippen molar-refractivity contribution in [3.05, 3.63) is 53.8 Å². The van der Waals surface area contributed by atoms with E-state index in [-0.39, 0.29) is 18.3 Å². The molecule has 0 saturated heterocycles. The van der Waals surface area contributed by atoms with Gasteiger partial charge in [0.1, 0.15) is 5.82 Å². The molecule has 0 spiro atoms. The van der Waals surface area contributed by atoms with E-state index in [0.717, 1.165) is 0 Å². The summed E-state index contributed by atoms with van der Waals surface area (Å²) in [6.45, 7) is 2.00. The Kier molecular flexibility index (Phi) is 6.13. The molecule has 7 heteroatoms. The number of rotatable bonds is 7. The van der Waals surface area contributed by atoms with E-state index in [9.17, 15) is 9.18 Å². The second-order valence-corrected chi connectivity index (χ2v) is 4.73. The smallest absolute Gasteiger partial charge is 0.262 e. The van der Waals surface area contributed by atoms with Crippen molar-refractivity contribution in [1.82, 2.24) is 0 Å². The predicted octanol–water partition coefficient (Wildman–Crippen LogP) is 3.05. The second kappa shape index (κ2) is 8.52. The van der Waals surface area contributed by atoms with Crippen molar-refractivity contribution >= 4 is 17.8 Å². The molecule has 0 heterocycles. The molecule has 0 atom stereocenters. The van der Waals surface area contributed by atoms with Crippen LogP contribution in [0, 0.1) is 5.82 Å². The van der Waals surface area contributed by atoms with Gasteiger partial charge in [0.25, 0.3) is 5.91 Å². The number of anilines is 1. The number of hydrogen-bond donors (Lipinski definition) is 2. The van der Waals surface area contributed by atoms with Crippen LogP contribution in [0.4, 0.5) is 10.1 Å². The topological polar surface area (TPSA) is 80.2 Å². The molecule has 0 aliphatic carbocycles. The first kappa shape index (κ1) is 17.3. The molecule has 0 unspecified atom stereocenters. The summed E-state index contributed by atoms with van der Waals surface area (Å²) in [5, 5.41) is 14.1. The van der Waals surface area contributed by atoms with E-state index in [2.05, 4.69) is 10.5 Å². The Labute approximate surface area is 138 Å². The van der Waals surface area contributed by atoms with Crippen LogP contribution in [0.1, 0.15) is 12.5 Å². The summed E-state index contributed by atoms with van der Waals surface area (Å²) in [5.74, 6) is 0.0628. The van der Waals surface area contributed by atoms with Gasteiger partial charge in [-0.3, -0.25) is 4.79 Å². The predicted molar refractivity (Wildman–Crippen MR) is 87.5 cm³/mol. The van der Waals surface area contributed by atoms with Crippen molar-refractivity contribution < 1.29 is 23.9 Å². The molecule has 6 nitrogen and oxygen atoms in total. The van der Waals surface area contributed by atoms with Crippen LogP contribution in [-0.2, 0) is 4.79 Å². The third-order valence-electron chi connectivity index (χ3n) is 2.96. The zero-order valence-electron chi connectivity index (χ0n) is 13.0. The van der Waals surface area contributed by atoms with Gasteiger partial charge < -0.3 is 20.0 Å². The van der Waals surface area contributed by atoms with E-state index in [0.29, 0.717) is 29.4 Å². The lowest BCUT2D eigenvalue weighted by molar-refractivity contribution is -0.118. The molecule has 0 saturated carbocycles. The number of amides is 1. The largest absolute Gasteiger partial charge is 0.490 e. The number of halogens is 1. The Morgan fingerprint density at radius 3 is 2.62 bits per heavy atom. The van der Waals surface area contributed by atoms with Gasteiger partial charge in [-0.2, -0.15) is 0 Å². The van der Waals surface area contributed by atoms with E-state index in [1.165, 1.54) is 30.5 Å². The molecular formula is C17H17FN2O4. The van der Waals surface area contributed by atoms with E-state index in [1.807, 2.05) is 6.92 Å². The van der Waals surface area contributed by atoms with E-state index >= 15 is 0 Å². The van der Waals surface area contributed by atoms with Crippen LogP contribution >= 0.6 is 0 Å². The number of hydrogen-bond acceptors (Lipinski definition) is 5. The summed E-state index contributed by atoms with van der Waals surface area (Å²) in [5.41, 5.74) is 1.11. The molecule has 0 radical (unpaired) electrons. The first-order valence-corrected chi connectivity index (χ1v) is 7.25. The molecule has 2 N–H and O–H groups in total. The fourth-order valence-electron chi connectivity index (χ4n) is 1.93. The molecule has 0 aliphatic heterocycles. The molecule has 0 aromatic heterocycles. The summed E-state index contributed by atoms with van der Waals surface area (Å²) >= 11 is 0. The summed E-state index contributed by atoms with van der Waals surface area (Å²) < 4.78 is 23.7. The molecular weight excluding hydrogens is 315 g/mol. The quantitative estimate of drug-likeness (QED) is 0.464. The molecule has 0 bridgehead atoms. The minimum Gasteiger partial charge on any atom is -0.490 e. The van der Waals surface area contributed by atoms with E-state index in [1.54, 1.807) is 18.2 Å². The van der Waals surface area contributed by atoms with Gasteiger partial charge in [0.2, 0.25) is 0 Å². The van der Waals surface area contributed by atoms with Crippen LogP contribution < -0.4 is 14.8 Å². The van der Waals surface area contributed by atoms with Gasteiger partial charge in [-0.1, -0.05) is 5.16 Å². The summed E-state index contributed by atoms with van der Waals surface area (Å²) in [6, 6.07) is 10.3. The third-order valence-corrected chi connectivity index (χ3v) is 2.96. The van der Waals surface area contributed by atoms with Gasteiger partial charge in [-0.25, -0.2) is 4.39 Å². The summed E-state index contributed by atoms with van der Waals surface area (Å²) in [7, 11) is 0. The zero-order chi connectivity index (χ0) is 17.4.